The summed E-state index contributed by atoms with van der Waals surface area (Å²) in [6, 6.07) is 0. The van der Waals surface area contributed by atoms with Gasteiger partial charge in [0.15, 0.2) is 0 Å². The monoisotopic (exact) mass is 197 g/mol. The first kappa shape index (κ1) is 10.4. The molecule has 2 aliphatic rings. The molecule has 14 heavy (non-hydrogen) atoms. The quantitative estimate of drug-likeness (QED) is 0.682. The summed E-state index contributed by atoms with van der Waals surface area (Å²) >= 11 is 0. The Morgan fingerprint density at radius 1 is 1.29 bits per heavy atom. The molecule has 0 aromatic heterocycles. The summed E-state index contributed by atoms with van der Waals surface area (Å²) < 4.78 is 5.25. The Bertz CT molecular complexity index is 202. The van der Waals surface area contributed by atoms with E-state index in [-0.39, 0.29) is 0 Å². The fourth-order valence-corrected chi connectivity index (χ4v) is 3.08. The molecule has 1 aliphatic carbocycles. The van der Waals surface area contributed by atoms with Crippen molar-refractivity contribution in [1.82, 2.24) is 4.90 Å². The minimum Gasteiger partial charge on any atom is -0.384 e. The molecule has 0 bridgehead atoms. The van der Waals surface area contributed by atoms with Crippen molar-refractivity contribution in [2.45, 2.75) is 20.8 Å². The molecule has 2 nitrogen and oxygen atoms in total. The zero-order valence-corrected chi connectivity index (χ0v) is 9.92. The Morgan fingerprint density at radius 3 is 2.36 bits per heavy atom. The van der Waals surface area contributed by atoms with Gasteiger partial charge in [-0.05, 0) is 17.8 Å². The molecule has 0 aromatic carbocycles. The number of hydrogen-bond donors (Lipinski definition) is 0. The van der Waals surface area contributed by atoms with E-state index in [4.69, 9.17) is 4.74 Å². The van der Waals surface area contributed by atoms with Crippen LogP contribution in [0.25, 0.3) is 0 Å². The fourth-order valence-electron chi connectivity index (χ4n) is 3.08. The first-order valence-electron chi connectivity index (χ1n) is 5.75. The number of nitrogens with zero attached hydrogens (tertiary/aromatic N) is 1. The predicted molar refractivity (Wildman–Crippen MR) is 58.2 cm³/mol. The average molecular weight is 197 g/mol. The molecule has 0 N–H and O–H groups in total. The summed E-state index contributed by atoms with van der Waals surface area (Å²) in [6.45, 7) is 11.7. The third kappa shape index (κ3) is 1.96. The van der Waals surface area contributed by atoms with Gasteiger partial charge in [-0.15, -0.1) is 0 Å². The van der Waals surface area contributed by atoms with Crippen molar-refractivity contribution in [3.05, 3.63) is 0 Å². The Balaban J connectivity index is 1.77. The number of piperidine rings is 1. The van der Waals surface area contributed by atoms with Crippen LogP contribution >= 0.6 is 0 Å². The standard InChI is InChI=1S/C12H23NO/c1-9-10-5-13(6-11(9)10)7-12(2,3)8-14-4/h9-11H,5-8H2,1-4H3/t9?,10-,11?/m1/s1. The lowest BCUT2D eigenvalue weighted by molar-refractivity contribution is 0.0723. The van der Waals surface area contributed by atoms with E-state index in [1.807, 2.05) is 0 Å². The summed E-state index contributed by atoms with van der Waals surface area (Å²) in [5.41, 5.74) is 0.314. The third-order valence-electron chi connectivity index (χ3n) is 3.88. The highest BCUT2D eigenvalue weighted by Crippen LogP contribution is 2.51. The maximum Gasteiger partial charge on any atom is 0.0525 e. The van der Waals surface area contributed by atoms with E-state index >= 15 is 0 Å². The lowest BCUT2D eigenvalue weighted by Crippen LogP contribution is -2.37. The minimum atomic E-state index is 0.314. The normalized spacial score (nSPS) is 37.3. The van der Waals surface area contributed by atoms with Crippen molar-refractivity contribution in [3.8, 4) is 0 Å². The molecule has 0 amide bonds. The highest BCUT2D eigenvalue weighted by atomic mass is 16.5. The van der Waals surface area contributed by atoms with Gasteiger partial charge in [0, 0.05) is 32.2 Å². The topological polar surface area (TPSA) is 12.5 Å². The van der Waals surface area contributed by atoms with E-state index < -0.39 is 0 Å². The Morgan fingerprint density at radius 2 is 1.86 bits per heavy atom. The maximum atomic E-state index is 5.25. The maximum absolute atomic E-state index is 5.25. The van der Waals surface area contributed by atoms with Gasteiger partial charge >= 0.3 is 0 Å². The van der Waals surface area contributed by atoms with Gasteiger partial charge in [-0.2, -0.15) is 0 Å². The van der Waals surface area contributed by atoms with Crippen LogP contribution < -0.4 is 0 Å². The van der Waals surface area contributed by atoms with Crippen LogP contribution in [-0.2, 0) is 4.74 Å². The third-order valence-corrected chi connectivity index (χ3v) is 3.88. The molecule has 0 aromatic rings. The van der Waals surface area contributed by atoms with Crippen molar-refractivity contribution >= 4 is 0 Å². The smallest absolute Gasteiger partial charge is 0.0525 e. The molecule has 1 aliphatic heterocycles. The van der Waals surface area contributed by atoms with Crippen LogP contribution in [0.1, 0.15) is 20.8 Å². The van der Waals surface area contributed by atoms with Crippen LogP contribution in [0.15, 0.2) is 0 Å². The van der Waals surface area contributed by atoms with Gasteiger partial charge in [0.05, 0.1) is 6.61 Å². The highest BCUT2D eigenvalue weighted by molar-refractivity contribution is 5.03. The second-order valence-corrected chi connectivity index (χ2v) is 5.98. The highest BCUT2D eigenvalue weighted by Gasteiger charge is 2.52. The van der Waals surface area contributed by atoms with Gasteiger partial charge in [-0.1, -0.05) is 20.8 Å². The van der Waals surface area contributed by atoms with E-state index in [9.17, 15) is 0 Å². The van der Waals surface area contributed by atoms with Gasteiger partial charge in [0.25, 0.3) is 0 Å². The van der Waals surface area contributed by atoms with E-state index in [0.29, 0.717) is 5.41 Å². The molecule has 1 saturated heterocycles. The molecule has 2 rings (SSSR count). The summed E-state index contributed by atoms with van der Waals surface area (Å²) in [4.78, 5) is 2.62. The zero-order chi connectivity index (χ0) is 10.3. The second-order valence-electron chi connectivity index (χ2n) is 5.98. The van der Waals surface area contributed by atoms with Crippen LogP contribution in [0, 0.1) is 23.2 Å². The first-order chi connectivity index (χ1) is 6.53. The molecule has 2 fully saturated rings. The largest absolute Gasteiger partial charge is 0.384 e. The second kappa shape index (κ2) is 3.49. The molecule has 2 heteroatoms. The summed E-state index contributed by atoms with van der Waals surface area (Å²) in [6.07, 6.45) is 0. The molecule has 1 heterocycles. The van der Waals surface area contributed by atoms with Crippen molar-refractivity contribution in [1.29, 1.82) is 0 Å². The van der Waals surface area contributed by atoms with E-state index in [1.165, 1.54) is 19.6 Å². The van der Waals surface area contributed by atoms with Crippen LogP contribution in [-0.4, -0.2) is 38.3 Å². The van der Waals surface area contributed by atoms with Crippen LogP contribution in [0.4, 0.5) is 0 Å². The number of ether oxygens (including phenoxy) is 1. The van der Waals surface area contributed by atoms with Crippen molar-refractivity contribution in [2.24, 2.45) is 23.2 Å². The van der Waals surface area contributed by atoms with Gasteiger partial charge in [0.2, 0.25) is 0 Å². The Kier molecular flexibility index (Phi) is 2.61. The number of rotatable bonds is 4. The Hall–Kier alpha value is -0.0800. The van der Waals surface area contributed by atoms with Gasteiger partial charge in [0.1, 0.15) is 0 Å². The fraction of sp³-hybridized carbons (Fsp3) is 1.00. The molecule has 0 radical (unpaired) electrons. The van der Waals surface area contributed by atoms with Gasteiger partial charge in [-0.25, -0.2) is 0 Å². The number of likely N-dealkylation sites (tertiary alicyclic amines) is 1. The molecule has 82 valence electrons. The van der Waals surface area contributed by atoms with E-state index in [0.717, 1.165) is 24.4 Å². The molecular weight excluding hydrogens is 174 g/mol. The van der Waals surface area contributed by atoms with Gasteiger partial charge < -0.3 is 9.64 Å². The van der Waals surface area contributed by atoms with Crippen molar-refractivity contribution in [3.63, 3.8) is 0 Å². The van der Waals surface area contributed by atoms with Gasteiger partial charge in [-0.3, -0.25) is 0 Å². The summed E-state index contributed by atoms with van der Waals surface area (Å²) in [7, 11) is 1.80. The van der Waals surface area contributed by atoms with Crippen molar-refractivity contribution < 1.29 is 4.74 Å². The lowest BCUT2D eigenvalue weighted by atomic mass is 9.94. The number of hydrogen-bond acceptors (Lipinski definition) is 2. The van der Waals surface area contributed by atoms with E-state index in [2.05, 4.69) is 25.7 Å². The number of fused-ring (bicyclic) bond motifs is 1. The SMILES string of the molecule is COCC(C)(C)CN1CC2C(C)[C@H]2C1. The van der Waals surface area contributed by atoms with Crippen LogP contribution in [0.2, 0.25) is 0 Å². The minimum absolute atomic E-state index is 0.314. The molecule has 3 atom stereocenters. The first-order valence-corrected chi connectivity index (χ1v) is 5.75. The number of methoxy groups -OCH3 is 1. The summed E-state index contributed by atoms with van der Waals surface area (Å²) in [5, 5.41) is 0. The van der Waals surface area contributed by atoms with E-state index in [1.54, 1.807) is 7.11 Å². The Labute approximate surface area is 87.6 Å². The van der Waals surface area contributed by atoms with Crippen LogP contribution in [0.3, 0.4) is 0 Å². The predicted octanol–water partition coefficient (Wildman–Crippen LogP) is 1.86. The van der Waals surface area contributed by atoms with Crippen molar-refractivity contribution in [2.75, 3.05) is 33.4 Å². The molecule has 2 unspecified atom stereocenters. The zero-order valence-electron chi connectivity index (χ0n) is 9.92. The molecule has 1 saturated carbocycles. The molecular formula is C12H23NO. The lowest BCUT2D eigenvalue weighted by Gasteiger charge is -2.30. The molecule has 0 spiro atoms. The van der Waals surface area contributed by atoms with Crippen LogP contribution in [0.5, 0.6) is 0 Å². The average Bonchev–Trinajstić information content (AvgIpc) is 2.55. The summed E-state index contributed by atoms with van der Waals surface area (Å²) in [5.74, 6) is 3.05.